The molecular weight excluding hydrogens is 317 g/mol. The monoisotopic (exact) mass is 335 g/mol. The minimum atomic E-state index is -3.61. The van der Waals surface area contributed by atoms with Crippen LogP contribution < -0.4 is 0 Å². The van der Waals surface area contributed by atoms with Crippen LogP contribution in [0.15, 0.2) is 53.7 Å². The molecule has 0 spiro atoms. The van der Waals surface area contributed by atoms with E-state index in [0.29, 0.717) is 19.6 Å². The number of pyridine rings is 1. The lowest BCUT2D eigenvalue weighted by Gasteiger charge is -2.43. The number of benzene rings is 1. The molecule has 2 heterocycles. The summed E-state index contributed by atoms with van der Waals surface area (Å²) in [5.41, 5.74) is 1.08. The first-order valence-corrected chi connectivity index (χ1v) is 8.76. The standard InChI is InChI=1S/C16H18FN3O2S/c1-19(10-13-4-3-7-18-9-13)15-11-20(12-15)23(21,22)16-6-2-5-14(17)8-16/h2-9,15H,10-12H2,1H3. The Morgan fingerprint density at radius 2 is 2.09 bits per heavy atom. The average molecular weight is 335 g/mol. The fraction of sp³-hybridized carbons (Fsp3) is 0.312. The van der Waals surface area contributed by atoms with Crippen molar-refractivity contribution in [3.05, 3.63) is 60.2 Å². The number of aromatic nitrogens is 1. The Hall–Kier alpha value is -1.83. The van der Waals surface area contributed by atoms with Crippen LogP contribution in [0.1, 0.15) is 5.56 Å². The van der Waals surface area contributed by atoms with Gasteiger partial charge in [-0.2, -0.15) is 4.31 Å². The summed E-state index contributed by atoms with van der Waals surface area (Å²) in [6, 6.07) is 9.15. The number of nitrogens with zero attached hydrogens (tertiary/aromatic N) is 3. The van der Waals surface area contributed by atoms with Gasteiger partial charge < -0.3 is 0 Å². The first-order chi connectivity index (χ1) is 11.0. The van der Waals surface area contributed by atoms with Crippen LogP contribution in [-0.2, 0) is 16.6 Å². The van der Waals surface area contributed by atoms with Crippen molar-refractivity contribution in [2.45, 2.75) is 17.5 Å². The number of sulfonamides is 1. The van der Waals surface area contributed by atoms with Gasteiger partial charge in [0.15, 0.2) is 0 Å². The van der Waals surface area contributed by atoms with Gasteiger partial charge in [0.25, 0.3) is 0 Å². The molecule has 2 aromatic rings. The van der Waals surface area contributed by atoms with E-state index >= 15 is 0 Å². The van der Waals surface area contributed by atoms with Gasteiger partial charge in [-0.15, -0.1) is 0 Å². The number of halogens is 1. The average Bonchev–Trinajstić information content (AvgIpc) is 2.46. The summed E-state index contributed by atoms with van der Waals surface area (Å²) in [4.78, 5) is 6.19. The molecule has 1 aliphatic rings. The van der Waals surface area contributed by atoms with Gasteiger partial charge in [-0.25, -0.2) is 12.8 Å². The van der Waals surface area contributed by atoms with Gasteiger partial charge in [0.1, 0.15) is 5.82 Å². The topological polar surface area (TPSA) is 53.5 Å². The fourth-order valence-electron chi connectivity index (χ4n) is 2.58. The largest absolute Gasteiger partial charge is 0.296 e. The number of hydrogen-bond acceptors (Lipinski definition) is 4. The Bertz CT molecular complexity index is 777. The summed E-state index contributed by atoms with van der Waals surface area (Å²) in [5, 5.41) is 0. The third kappa shape index (κ3) is 3.41. The lowest BCUT2D eigenvalue weighted by atomic mass is 10.1. The van der Waals surface area contributed by atoms with Gasteiger partial charge in [0, 0.05) is 38.1 Å². The molecule has 122 valence electrons. The van der Waals surface area contributed by atoms with Crippen molar-refractivity contribution in [2.75, 3.05) is 20.1 Å². The molecule has 3 rings (SSSR count). The summed E-state index contributed by atoms with van der Waals surface area (Å²) < 4.78 is 39.5. The van der Waals surface area contributed by atoms with Crippen LogP contribution in [0.4, 0.5) is 4.39 Å². The highest BCUT2D eigenvalue weighted by Gasteiger charge is 2.38. The molecule has 1 aromatic carbocycles. The predicted molar refractivity (Wildman–Crippen MR) is 84.7 cm³/mol. The second kappa shape index (κ2) is 6.35. The Balaban J connectivity index is 1.62. The summed E-state index contributed by atoms with van der Waals surface area (Å²) >= 11 is 0. The summed E-state index contributed by atoms with van der Waals surface area (Å²) in [7, 11) is -1.65. The highest BCUT2D eigenvalue weighted by atomic mass is 32.2. The first kappa shape index (κ1) is 16.0. The number of rotatable bonds is 5. The van der Waals surface area contributed by atoms with Crippen LogP contribution in [0.25, 0.3) is 0 Å². The SMILES string of the molecule is CN(Cc1cccnc1)C1CN(S(=O)(=O)c2cccc(F)c2)C1. The molecule has 0 aliphatic carbocycles. The summed E-state index contributed by atoms with van der Waals surface area (Å²) in [5.74, 6) is -0.545. The van der Waals surface area contributed by atoms with E-state index in [2.05, 4.69) is 9.88 Å². The Morgan fingerprint density at radius 1 is 1.30 bits per heavy atom. The van der Waals surface area contributed by atoms with Crippen molar-refractivity contribution in [2.24, 2.45) is 0 Å². The number of likely N-dealkylation sites (N-methyl/N-ethyl adjacent to an activating group) is 1. The van der Waals surface area contributed by atoms with E-state index in [1.807, 2.05) is 19.2 Å². The van der Waals surface area contributed by atoms with E-state index in [0.717, 1.165) is 11.6 Å². The van der Waals surface area contributed by atoms with Gasteiger partial charge in [-0.05, 0) is 36.9 Å². The molecule has 5 nitrogen and oxygen atoms in total. The quantitative estimate of drug-likeness (QED) is 0.835. The summed E-state index contributed by atoms with van der Waals surface area (Å²) in [6.07, 6.45) is 3.52. The minimum Gasteiger partial charge on any atom is -0.296 e. The van der Waals surface area contributed by atoms with Crippen LogP contribution in [0.2, 0.25) is 0 Å². The third-order valence-corrected chi connectivity index (χ3v) is 5.87. The zero-order valence-corrected chi connectivity index (χ0v) is 13.6. The van der Waals surface area contributed by atoms with Crippen LogP contribution in [-0.4, -0.2) is 48.8 Å². The second-order valence-corrected chi connectivity index (χ2v) is 7.65. The molecule has 23 heavy (non-hydrogen) atoms. The van der Waals surface area contributed by atoms with Gasteiger partial charge in [-0.1, -0.05) is 12.1 Å². The molecule has 1 aromatic heterocycles. The molecule has 0 atom stereocenters. The molecule has 0 amide bonds. The van der Waals surface area contributed by atoms with Crippen LogP contribution in [0.5, 0.6) is 0 Å². The molecule has 0 bridgehead atoms. The van der Waals surface area contributed by atoms with Gasteiger partial charge >= 0.3 is 0 Å². The van der Waals surface area contributed by atoms with Crippen LogP contribution in [0.3, 0.4) is 0 Å². The maximum atomic E-state index is 13.2. The number of hydrogen-bond donors (Lipinski definition) is 0. The van der Waals surface area contributed by atoms with E-state index < -0.39 is 15.8 Å². The van der Waals surface area contributed by atoms with Crippen LogP contribution >= 0.6 is 0 Å². The van der Waals surface area contributed by atoms with Crippen molar-refractivity contribution in [1.82, 2.24) is 14.2 Å². The lowest BCUT2D eigenvalue weighted by molar-refractivity contribution is 0.105. The van der Waals surface area contributed by atoms with Gasteiger partial charge in [0.05, 0.1) is 4.90 Å². The zero-order valence-electron chi connectivity index (χ0n) is 12.8. The molecular formula is C16H18FN3O2S. The molecule has 0 saturated carbocycles. The molecule has 1 aliphatic heterocycles. The highest BCUT2D eigenvalue weighted by Crippen LogP contribution is 2.24. The predicted octanol–water partition coefficient (Wildman–Crippen LogP) is 1.73. The minimum absolute atomic E-state index is 0.00543. The van der Waals surface area contributed by atoms with Crippen molar-refractivity contribution >= 4 is 10.0 Å². The molecule has 0 N–H and O–H groups in total. The fourth-order valence-corrected chi connectivity index (χ4v) is 4.12. The summed E-state index contributed by atoms with van der Waals surface area (Å²) in [6.45, 7) is 1.54. The van der Waals surface area contributed by atoms with E-state index in [1.54, 1.807) is 12.4 Å². The van der Waals surface area contributed by atoms with Gasteiger partial charge in [-0.3, -0.25) is 9.88 Å². The Morgan fingerprint density at radius 3 is 2.74 bits per heavy atom. The van der Waals surface area contributed by atoms with Crippen molar-refractivity contribution in [3.63, 3.8) is 0 Å². The van der Waals surface area contributed by atoms with Crippen molar-refractivity contribution in [3.8, 4) is 0 Å². The molecule has 0 radical (unpaired) electrons. The smallest absolute Gasteiger partial charge is 0.243 e. The maximum absolute atomic E-state index is 13.2. The van der Waals surface area contributed by atoms with E-state index in [1.165, 1.54) is 22.5 Å². The molecule has 1 saturated heterocycles. The molecule has 1 fully saturated rings. The van der Waals surface area contributed by atoms with E-state index in [4.69, 9.17) is 0 Å². The van der Waals surface area contributed by atoms with Crippen molar-refractivity contribution < 1.29 is 12.8 Å². The Kier molecular flexibility index (Phi) is 4.43. The maximum Gasteiger partial charge on any atom is 0.243 e. The lowest BCUT2D eigenvalue weighted by Crippen LogP contribution is -2.59. The normalized spacial score (nSPS) is 16.5. The Labute approximate surface area is 135 Å². The van der Waals surface area contributed by atoms with E-state index in [-0.39, 0.29) is 10.9 Å². The van der Waals surface area contributed by atoms with Crippen LogP contribution in [0, 0.1) is 5.82 Å². The molecule has 0 unspecified atom stereocenters. The second-order valence-electron chi connectivity index (χ2n) is 5.71. The van der Waals surface area contributed by atoms with Gasteiger partial charge in [0.2, 0.25) is 10.0 Å². The zero-order chi connectivity index (χ0) is 16.4. The van der Waals surface area contributed by atoms with E-state index in [9.17, 15) is 12.8 Å². The first-order valence-electron chi connectivity index (χ1n) is 7.31. The highest BCUT2D eigenvalue weighted by molar-refractivity contribution is 7.89. The third-order valence-electron chi connectivity index (χ3n) is 4.04. The molecule has 7 heteroatoms. The van der Waals surface area contributed by atoms with Crippen molar-refractivity contribution in [1.29, 1.82) is 0 Å².